The number of nitrogens with one attached hydrogen (secondary N) is 1. The molecule has 0 saturated heterocycles. The van der Waals surface area contributed by atoms with Gasteiger partial charge >= 0.3 is 0 Å². The fourth-order valence-corrected chi connectivity index (χ4v) is 5.98. The van der Waals surface area contributed by atoms with Crippen LogP contribution in [-0.4, -0.2) is 33.2 Å². The summed E-state index contributed by atoms with van der Waals surface area (Å²) >= 11 is 13.9. The lowest BCUT2D eigenvalue weighted by Gasteiger charge is -2.24. The summed E-state index contributed by atoms with van der Waals surface area (Å²) in [6.07, 6.45) is 0.778. The molecule has 0 atom stereocenters. The zero-order chi connectivity index (χ0) is 24.6. The third-order valence-corrected chi connectivity index (χ3v) is 8.74. The van der Waals surface area contributed by atoms with Gasteiger partial charge in [0.05, 0.1) is 20.6 Å². The van der Waals surface area contributed by atoms with Gasteiger partial charge in [-0.25, -0.2) is 8.42 Å². The molecule has 0 aromatic heterocycles. The normalized spacial score (nSPS) is 11.3. The number of amides is 1. The molecule has 3 rings (SSSR count). The minimum atomic E-state index is -3.99. The van der Waals surface area contributed by atoms with Crippen LogP contribution in [0.4, 0.5) is 5.69 Å². The Morgan fingerprint density at radius 1 is 0.971 bits per heavy atom. The summed E-state index contributed by atoms with van der Waals surface area (Å²) in [5.41, 5.74) is 2.84. The van der Waals surface area contributed by atoms with Crippen LogP contribution in [-0.2, 0) is 20.6 Å². The van der Waals surface area contributed by atoms with Gasteiger partial charge in [-0.05, 0) is 60.6 Å². The number of halogens is 2. The summed E-state index contributed by atoms with van der Waals surface area (Å²) in [4.78, 5) is 12.8. The van der Waals surface area contributed by atoms with Crippen LogP contribution in [0.5, 0.6) is 0 Å². The molecule has 0 aliphatic carbocycles. The van der Waals surface area contributed by atoms with Gasteiger partial charge in [0.15, 0.2) is 0 Å². The quantitative estimate of drug-likeness (QED) is 0.308. The first-order valence-electron chi connectivity index (χ1n) is 10.7. The van der Waals surface area contributed by atoms with E-state index in [2.05, 4.69) is 24.4 Å². The monoisotopic (exact) mass is 536 g/mol. The molecule has 3 aromatic rings. The van der Waals surface area contributed by atoms with Crippen molar-refractivity contribution in [2.75, 3.05) is 23.1 Å². The summed E-state index contributed by atoms with van der Waals surface area (Å²) in [5.74, 6) is 1.41. The summed E-state index contributed by atoms with van der Waals surface area (Å²) in [6.45, 7) is 2.19. The van der Waals surface area contributed by atoms with Crippen LogP contribution in [0.2, 0.25) is 10.0 Å². The van der Waals surface area contributed by atoms with Crippen molar-refractivity contribution in [1.29, 1.82) is 0 Å². The van der Waals surface area contributed by atoms with E-state index in [1.807, 2.05) is 12.1 Å². The summed E-state index contributed by atoms with van der Waals surface area (Å²) in [6, 6.07) is 20.7. The van der Waals surface area contributed by atoms with Crippen molar-refractivity contribution >= 4 is 56.6 Å². The van der Waals surface area contributed by atoms with Crippen LogP contribution in [0.25, 0.3) is 0 Å². The molecule has 9 heteroatoms. The van der Waals surface area contributed by atoms with E-state index < -0.39 is 15.9 Å². The average Bonchev–Trinajstić information content (AvgIpc) is 2.83. The third kappa shape index (κ3) is 7.15. The van der Waals surface area contributed by atoms with E-state index in [9.17, 15) is 13.2 Å². The summed E-state index contributed by atoms with van der Waals surface area (Å²) < 4.78 is 27.7. The Hall–Kier alpha value is -2.19. The van der Waals surface area contributed by atoms with Gasteiger partial charge < -0.3 is 5.32 Å². The molecule has 0 heterocycles. The molecule has 5 nitrogen and oxygen atoms in total. The van der Waals surface area contributed by atoms with E-state index in [-0.39, 0.29) is 22.2 Å². The number of hydrogen-bond donors (Lipinski definition) is 1. The molecule has 0 spiro atoms. The lowest BCUT2D eigenvalue weighted by molar-refractivity contribution is -0.119. The number of carbonyl (C=O) groups excluding carboxylic acids is 1. The first kappa shape index (κ1) is 26.4. The Kier molecular flexibility index (Phi) is 9.71. The SMILES string of the molecule is Cc1ccccc1CSCCCNC(=O)CN(c1ccc(Cl)c(Cl)c1)S(=O)(=O)c1ccccc1. The van der Waals surface area contributed by atoms with Crippen LogP contribution in [0.3, 0.4) is 0 Å². The first-order chi connectivity index (χ1) is 16.3. The Morgan fingerprint density at radius 2 is 1.68 bits per heavy atom. The number of sulfonamides is 1. The Labute approximate surface area is 215 Å². The molecule has 0 unspecified atom stereocenters. The average molecular weight is 538 g/mol. The molecular weight excluding hydrogens is 511 g/mol. The third-order valence-electron chi connectivity index (χ3n) is 5.12. The van der Waals surface area contributed by atoms with Crippen molar-refractivity contribution in [3.63, 3.8) is 0 Å². The topological polar surface area (TPSA) is 66.5 Å². The molecular formula is C25H26Cl2N2O3S2. The lowest BCUT2D eigenvalue weighted by atomic mass is 10.1. The van der Waals surface area contributed by atoms with Gasteiger partial charge in [-0.15, -0.1) is 0 Å². The zero-order valence-corrected chi connectivity index (χ0v) is 21.9. The van der Waals surface area contributed by atoms with Crippen molar-refractivity contribution in [1.82, 2.24) is 5.32 Å². The van der Waals surface area contributed by atoms with Gasteiger partial charge in [-0.2, -0.15) is 11.8 Å². The van der Waals surface area contributed by atoms with Crippen LogP contribution in [0.15, 0.2) is 77.7 Å². The predicted molar refractivity (Wildman–Crippen MR) is 142 cm³/mol. The molecule has 3 aromatic carbocycles. The molecule has 180 valence electrons. The number of thioether (sulfide) groups is 1. The highest BCUT2D eigenvalue weighted by Crippen LogP contribution is 2.30. The number of nitrogens with zero attached hydrogens (tertiary/aromatic N) is 1. The van der Waals surface area contributed by atoms with Gasteiger partial charge in [-0.1, -0.05) is 65.7 Å². The van der Waals surface area contributed by atoms with Crippen LogP contribution < -0.4 is 9.62 Å². The second-order valence-corrected chi connectivity index (χ2v) is 11.4. The van der Waals surface area contributed by atoms with E-state index in [1.165, 1.54) is 41.5 Å². The van der Waals surface area contributed by atoms with Gasteiger partial charge in [0, 0.05) is 12.3 Å². The molecule has 0 radical (unpaired) electrons. The second kappa shape index (κ2) is 12.5. The number of hydrogen-bond acceptors (Lipinski definition) is 4. The number of carbonyl (C=O) groups is 1. The first-order valence-corrected chi connectivity index (χ1v) is 14.1. The van der Waals surface area contributed by atoms with Crippen molar-refractivity contribution in [2.45, 2.75) is 24.0 Å². The molecule has 34 heavy (non-hydrogen) atoms. The molecule has 1 amide bonds. The zero-order valence-electron chi connectivity index (χ0n) is 18.7. The lowest BCUT2D eigenvalue weighted by Crippen LogP contribution is -2.41. The number of aryl methyl sites for hydroxylation is 1. The maximum Gasteiger partial charge on any atom is 0.264 e. The molecule has 0 aliphatic rings. The second-order valence-electron chi connectivity index (χ2n) is 7.61. The number of anilines is 1. The Morgan fingerprint density at radius 3 is 2.38 bits per heavy atom. The fraction of sp³-hybridized carbons (Fsp3) is 0.240. The largest absolute Gasteiger partial charge is 0.354 e. The molecule has 1 N–H and O–H groups in total. The maximum atomic E-state index is 13.3. The minimum Gasteiger partial charge on any atom is -0.354 e. The van der Waals surface area contributed by atoms with Crippen LogP contribution >= 0.6 is 35.0 Å². The minimum absolute atomic E-state index is 0.0847. The molecule has 0 aliphatic heterocycles. The van der Waals surface area contributed by atoms with Crippen molar-refractivity contribution in [3.05, 3.63) is 94.0 Å². The van der Waals surface area contributed by atoms with Gasteiger partial charge in [0.2, 0.25) is 5.91 Å². The van der Waals surface area contributed by atoms with Crippen LogP contribution in [0.1, 0.15) is 17.5 Å². The molecule has 0 bridgehead atoms. The van der Waals surface area contributed by atoms with Crippen molar-refractivity contribution < 1.29 is 13.2 Å². The van der Waals surface area contributed by atoms with E-state index in [0.29, 0.717) is 11.6 Å². The summed E-state index contributed by atoms with van der Waals surface area (Å²) in [5, 5.41) is 3.33. The standard InChI is InChI=1S/C25H26Cl2N2O3S2/c1-19-8-5-6-9-20(19)18-33-15-7-14-28-25(30)17-29(21-12-13-23(26)24(27)16-21)34(31,32)22-10-3-2-4-11-22/h2-6,8-13,16H,7,14-15,17-18H2,1H3,(H,28,30). The molecule has 0 fully saturated rings. The van der Waals surface area contributed by atoms with Gasteiger partial charge in [0.1, 0.15) is 6.54 Å². The Bertz CT molecular complexity index is 1220. The predicted octanol–water partition coefficient (Wildman–Crippen LogP) is 5.94. The van der Waals surface area contributed by atoms with Crippen molar-refractivity contribution in [3.8, 4) is 0 Å². The van der Waals surface area contributed by atoms with E-state index in [1.54, 1.807) is 30.0 Å². The van der Waals surface area contributed by atoms with E-state index in [0.717, 1.165) is 22.2 Å². The Balaban J connectivity index is 1.60. The van der Waals surface area contributed by atoms with E-state index >= 15 is 0 Å². The highest BCUT2D eigenvalue weighted by atomic mass is 35.5. The summed E-state index contributed by atoms with van der Waals surface area (Å²) in [7, 11) is -3.99. The number of benzene rings is 3. The molecule has 0 saturated carbocycles. The fourth-order valence-electron chi connectivity index (χ4n) is 3.22. The van der Waals surface area contributed by atoms with Gasteiger partial charge in [-0.3, -0.25) is 9.10 Å². The highest BCUT2D eigenvalue weighted by Gasteiger charge is 2.27. The number of rotatable bonds is 11. The van der Waals surface area contributed by atoms with Crippen molar-refractivity contribution in [2.24, 2.45) is 0 Å². The van der Waals surface area contributed by atoms with Crippen LogP contribution in [0, 0.1) is 6.92 Å². The maximum absolute atomic E-state index is 13.3. The van der Waals surface area contributed by atoms with E-state index in [4.69, 9.17) is 23.2 Å². The highest BCUT2D eigenvalue weighted by molar-refractivity contribution is 7.98. The van der Waals surface area contributed by atoms with Gasteiger partial charge in [0.25, 0.3) is 10.0 Å². The smallest absolute Gasteiger partial charge is 0.264 e.